The quantitative estimate of drug-likeness (QED) is 0.693. The third-order valence-electron chi connectivity index (χ3n) is 3.41. The Morgan fingerprint density at radius 2 is 1.83 bits per heavy atom. The maximum atomic E-state index is 6.02. The van der Waals surface area contributed by atoms with Crippen LogP contribution in [0.25, 0.3) is 0 Å². The van der Waals surface area contributed by atoms with E-state index in [2.05, 4.69) is 4.90 Å². The van der Waals surface area contributed by atoms with Crippen LogP contribution in [0.1, 0.15) is 32.1 Å². The number of hydrogen-bond acceptors (Lipinski definition) is 2. The average molecular weight is 268 g/mol. The topological polar surface area (TPSA) is 12.5 Å². The van der Waals surface area contributed by atoms with Gasteiger partial charge in [0, 0.05) is 0 Å². The molecule has 0 aliphatic carbocycles. The lowest BCUT2D eigenvalue weighted by Crippen LogP contribution is -2.20. The molecule has 1 aliphatic heterocycles. The molecule has 18 heavy (non-hydrogen) atoms. The fourth-order valence-corrected chi connectivity index (χ4v) is 2.55. The number of unbranched alkanes of at least 4 members (excludes halogenated alkanes) is 2. The largest absolute Gasteiger partial charge is 0.492 e. The Morgan fingerprint density at radius 1 is 1.06 bits per heavy atom. The molecule has 1 fully saturated rings. The molecular weight excluding hydrogens is 246 g/mol. The van der Waals surface area contributed by atoms with E-state index in [0.717, 1.165) is 18.8 Å². The summed E-state index contributed by atoms with van der Waals surface area (Å²) in [6.07, 6.45) is 6.40. The van der Waals surface area contributed by atoms with Gasteiger partial charge in [-0.05, 0) is 63.9 Å². The van der Waals surface area contributed by atoms with E-state index >= 15 is 0 Å². The molecule has 1 aliphatic rings. The summed E-state index contributed by atoms with van der Waals surface area (Å²) in [6, 6.07) is 7.66. The van der Waals surface area contributed by atoms with Crippen LogP contribution in [0.4, 0.5) is 0 Å². The van der Waals surface area contributed by atoms with Crippen molar-refractivity contribution in [2.75, 3.05) is 26.2 Å². The zero-order chi connectivity index (χ0) is 12.6. The number of rotatable bonds is 7. The van der Waals surface area contributed by atoms with Crippen molar-refractivity contribution in [2.45, 2.75) is 32.1 Å². The van der Waals surface area contributed by atoms with Crippen LogP contribution >= 0.6 is 11.6 Å². The molecule has 2 rings (SSSR count). The number of hydrogen-bond donors (Lipinski definition) is 0. The van der Waals surface area contributed by atoms with Gasteiger partial charge in [0.1, 0.15) is 5.75 Å². The molecule has 0 atom stereocenters. The highest BCUT2D eigenvalue weighted by molar-refractivity contribution is 6.32. The van der Waals surface area contributed by atoms with Gasteiger partial charge in [-0.2, -0.15) is 0 Å². The molecule has 0 bridgehead atoms. The fourth-order valence-electron chi connectivity index (χ4n) is 2.36. The van der Waals surface area contributed by atoms with Crippen LogP contribution in [-0.2, 0) is 0 Å². The van der Waals surface area contributed by atoms with Crippen LogP contribution < -0.4 is 4.74 Å². The monoisotopic (exact) mass is 267 g/mol. The third kappa shape index (κ3) is 4.51. The molecule has 0 radical (unpaired) electrons. The van der Waals surface area contributed by atoms with Gasteiger partial charge in [0.2, 0.25) is 0 Å². The number of halogens is 1. The van der Waals surface area contributed by atoms with Gasteiger partial charge < -0.3 is 9.64 Å². The summed E-state index contributed by atoms with van der Waals surface area (Å²) >= 11 is 6.02. The van der Waals surface area contributed by atoms with Crippen LogP contribution in [0, 0.1) is 0 Å². The van der Waals surface area contributed by atoms with Crippen LogP contribution in [-0.4, -0.2) is 31.1 Å². The molecule has 0 spiro atoms. The summed E-state index contributed by atoms with van der Waals surface area (Å²) in [7, 11) is 0. The van der Waals surface area contributed by atoms with Crippen LogP contribution in [0.5, 0.6) is 5.75 Å². The number of likely N-dealkylation sites (tertiary alicyclic amines) is 1. The molecule has 0 unspecified atom stereocenters. The molecule has 1 aromatic carbocycles. The minimum Gasteiger partial charge on any atom is -0.492 e. The molecule has 0 saturated carbocycles. The van der Waals surface area contributed by atoms with Crippen molar-refractivity contribution in [2.24, 2.45) is 0 Å². The van der Waals surface area contributed by atoms with Gasteiger partial charge in [0.15, 0.2) is 0 Å². The molecule has 0 aromatic heterocycles. The summed E-state index contributed by atoms with van der Waals surface area (Å²) in [5, 5.41) is 0.703. The molecule has 1 aromatic rings. The lowest BCUT2D eigenvalue weighted by Gasteiger charge is -2.14. The Balaban J connectivity index is 1.52. The number of ether oxygens (including phenoxy) is 1. The number of benzene rings is 1. The first-order valence-corrected chi connectivity index (χ1v) is 7.34. The highest BCUT2D eigenvalue weighted by atomic mass is 35.5. The Morgan fingerprint density at radius 3 is 2.61 bits per heavy atom. The summed E-state index contributed by atoms with van der Waals surface area (Å²) < 4.78 is 5.66. The van der Waals surface area contributed by atoms with Crippen LogP contribution in [0.2, 0.25) is 5.02 Å². The van der Waals surface area contributed by atoms with E-state index in [9.17, 15) is 0 Å². The van der Waals surface area contributed by atoms with Crippen molar-refractivity contribution in [1.82, 2.24) is 4.90 Å². The predicted molar refractivity (Wildman–Crippen MR) is 76.5 cm³/mol. The van der Waals surface area contributed by atoms with E-state index in [1.54, 1.807) is 0 Å². The first-order chi connectivity index (χ1) is 8.86. The van der Waals surface area contributed by atoms with E-state index in [-0.39, 0.29) is 0 Å². The highest BCUT2D eigenvalue weighted by Crippen LogP contribution is 2.23. The minimum atomic E-state index is 0.703. The summed E-state index contributed by atoms with van der Waals surface area (Å²) in [6.45, 7) is 4.63. The first kappa shape index (κ1) is 13.7. The van der Waals surface area contributed by atoms with Gasteiger partial charge in [-0.1, -0.05) is 23.7 Å². The van der Waals surface area contributed by atoms with Crippen molar-refractivity contribution < 1.29 is 4.74 Å². The van der Waals surface area contributed by atoms with E-state index < -0.39 is 0 Å². The fraction of sp³-hybridized carbons (Fsp3) is 0.600. The molecule has 100 valence electrons. The van der Waals surface area contributed by atoms with Gasteiger partial charge in [-0.15, -0.1) is 0 Å². The zero-order valence-corrected chi connectivity index (χ0v) is 11.7. The molecular formula is C15H22ClNO. The highest BCUT2D eigenvalue weighted by Gasteiger charge is 2.09. The third-order valence-corrected chi connectivity index (χ3v) is 3.72. The molecule has 3 heteroatoms. The smallest absolute Gasteiger partial charge is 0.137 e. The van der Waals surface area contributed by atoms with Crippen molar-refractivity contribution >= 4 is 11.6 Å². The van der Waals surface area contributed by atoms with E-state index in [4.69, 9.17) is 16.3 Å². The Bertz CT molecular complexity index is 350. The van der Waals surface area contributed by atoms with Crippen molar-refractivity contribution in [3.8, 4) is 5.75 Å². The van der Waals surface area contributed by atoms with Gasteiger partial charge in [-0.25, -0.2) is 0 Å². The molecule has 0 N–H and O–H groups in total. The predicted octanol–water partition coefficient (Wildman–Crippen LogP) is 3.98. The summed E-state index contributed by atoms with van der Waals surface area (Å²) in [5.74, 6) is 0.804. The zero-order valence-electron chi connectivity index (χ0n) is 10.9. The molecule has 1 heterocycles. The SMILES string of the molecule is Clc1ccccc1OCCCCCN1CCCC1. The molecule has 1 saturated heterocycles. The van der Waals surface area contributed by atoms with Crippen molar-refractivity contribution in [1.29, 1.82) is 0 Å². The first-order valence-electron chi connectivity index (χ1n) is 6.96. The number of nitrogens with zero attached hydrogens (tertiary/aromatic N) is 1. The lowest BCUT2D eigenvalue weighted by molar-refractivity contribution is 0.290. The van der Waals surface area contributed by atoms with E-state index in [1.165, 1.54) is 45.3 Å². The van der Waals surface area contributed by atoms with Gasteiger partial charge in [0.05, 0.1) is 11.6 Å². The average Bonchev–Trinajstić information content (AvgIpc) is 2.89. The summed E-state index contributed by atoms with van der Waals surface area (Å²) in [5.41, 5.74) is 0. The Labute approximate surface area is 115 Å². The second kappa shape index (κ2) is 7.65. The van der Waals surface area contributed by atoms with Crippen LogP contribution in [0.15, 0.2) is 24.3 Å². The molecule has 0 amide bonds. The minimum absolute atomic E-state index is 0.703. The normalized spacial score (nSPS) is 16.1. The Hall–Kier alpha value is -0.730. The van der Waals surface area contributed by atoms with E-state index in [0.29, 0.717) is 5.02 Å². The van der Waals surface area contributed by atoms with Gasteiger partial charge in [-0.3, -0.25) is 0 Å². The van der Waals surface area contributed by atoms with Crippen LogP contribution in [0.3, 0.4) is 0 Å². The second-order valence-electron chi connectivity index (χ2n) is 4.89. The molecule has 2 nitrogen and oxygen atoms in total. The number of para-hydroxylation sites is 1. The second-order valence-corrected chi connectivity index (χ2v) is 5.30. The Kier molecular flexibility index (Phi) is 5.82. The maximum absolute atomic E-state index is 6.02. The van der Waals surface area contributed by atoms with Crippen molar-refractivity contribution in [3.05, 3.63) is 29.3 Å². The lowest BCUT2D eigenvalue weighted by atomic mass is 10.2. The van der Waals surface area contributed by atoms with Gasteiger partial charge in [0.25, 0.3) is 0 Å². The summed E-state index contributed by atoms with van der Waals surface area (Å²) in [4.78, 5) is 2.56. The van der Waals surface area contributed by atoms with Crippen molar-refractivity contribution in [3.63, 3.8) is 0 Å². The van der Waals surface area contributed by atoms with Gasteiger partial charge >= 0.3 is 0 Å². The van der Waals surface area contributed by atoms with E-state index in [1.807, 2.05) is 24.3 Å². The maximum Gasteiger partial charge on any atom is 0.137 e. The standard InChI is InChI=1S/C15H22ClNO/c16-14-8-2-3-9-15(14)18-13-7-1-4-10-17-11-5-6-12-17/h2-3,8-9H,1,4-7,10-13H2.